The molecular formula is C29H29ClFN5O4. The molecule has 40 heavy (non-hydrogen) atoms. The van der Waals surface area contributed by atoms with Gasteiger partial charge in [0, 0.05) is 35.2 Å². The van der Waals surface area contributed by atoms with Crippen molar-refractivity contribution in [2.75, 3.05) is 13.7 Å². The zero-order chi connectivity index (χ0) is 28.1. The van der Waals surface area contributed by atoms with E-state index in [1.165, 1.54) is 19.4 Å². The lowest BCUT2D eigenvalue weighted by Crippen LogP contribution is -2.33. The highest BCUT2D eigenvalue weighted by Gasteiger charge is 2.22. The zero-order valence-electron chi connectivity index (χ0n) is 21.8. The van der Waals surface area contributed by atoms with E-state index in [-0.39, 0.29) is 18.8 Å². The van der Waals surface area contributed by atoms with Gasteiger partial charge in [-0.3, -0.25) is 0 Å². The van der Waals surface area contributed by atoms with Gasteiger partial charge in [-0.25, -0.2) is 14.2 Å². The standard InChI is InChI=1S/C29H29ClFN5O4/c1-38-29(37)18-6-8-25-26(11-18)36(16-22-9-10-39-22)27(34-25)15-33-14-20(13-32)24-3-2-4-28(35-24)40-17-19-5-7-21(30)12-23(19)31/h2-8,11-14,22,24,32-33,35H,9-10,15-17H2,1H3/b20-14+,32-13?. The van der Waals surface area contributed by atoms with E-state index in [2.05, 4.69) is 15.2 Å². The van der Waals surface area contributed by atoms with Gasteiger partial charge in [0.25, 0.3) is 0 Å². The summed E-state index contributed by atoms with van der Waals surface area (Å²) in [6, 6.07) is 9.41. The Hall–Kier alpha value is -4.15. The molecule has 3 aromatic rings. The fourth-order valence-electron chi connectivity index (χ4n) is 4.45. The Morgan fingerprint density at radius 2 is 2.20 bits per heavy atom. The number of benzene rings is 2. The first-order chi connectivity index (χ1) is 19.4. The first kappa shape index (κ1) is 27.4. The Kier molecular flexibility index (Phi) is 8.47. The summed E-state index contributed by atoms with van der Waals surface area (Å²) in [5.74, 6) is 0.389. The third kappa shape index (κ3) is 6.19. The van der Waals surface area contributed by atoms with Gasteiger partial charge in [-0.05, 0) is 42.8 Å². The molecule has 2 unspecified atom stereocenters. The summed E-state index contributed by atoms with van der Waals surface area (Å²) >= 11 is 5.83. The monoisotopic (exact) mass is 565 g/mol. The molecule has 1 aromatic heterocycles. The molecule has 5 rings (SSSR count). The normalized spacial score (nSPS) is 18.5. The number of carbonyl (C=O) groups is 1. The number of dihydropyridines is 1. The van der Waals surface area contributed by atoms with E-state index in [0.717, 1.165) is 29.9 Å². The molecular weight excluding hydrogens is 537 g/mol. The van der Waals surface area contributed by atoms with Crippen molar-refractivity contribution in [1.29, 1.82) is 5.41 Å². The number of esters is 1. The number of hydrogen-bond donors (Lipinski definition) is 3. The van der Waals surface area contributed by atoms with Crippen molar-refractivity contribution >= 4 is 34.8 Å². The highest BCUT2D eigenvalue weighted by Crippen LogP contribution is 2.23. The predicted octanol–water partition coefficient (Wildman–Crippen LogP) is 4.61. The van der Waals surface area contributed by atoms with Crippen molar-refractivity contribution in [3.05, 3.63) is 100 Å². The third-order valence-electron chi connectivity index (χ3n) is 6.73. The summed E-state index contributed by atoms with van der Waals surface area (Å²) in [5.41, 5.74) is 3.09. The van der Waals surface area contributed by atoms with Gasteiger partial charge in [-0.1, -0.05) is 29.8 Å². The van der Waals surface area contributed by atoms with E-state index < -0.39 is 11.8 Å². The number of fused-ring (bicyclic) bond motifs is 1. The second kappa shape index (κ2) is 12.4. The van der Waals surface area contributed by atoms with Crippen LogP contribution in [0.5, 0.6) is 0 Å². The van der Waals surface area contributed by atoms with E-state index in [1.54, 1.807) is 36.5 Å². The van der Waals surface area contributed by atoms with Gasteiger partial charge in [0.15, 0.2) is 5.88 Å². The van der Waals surface area contributed by atoms with E-state index in [9.17, 15) is 9.18 Å². The second-order valence-electron chi connectivity index (χ2n) is 9.35. The summed E-state index contributed by atoms with van der Waals surface area (Å²) < 4.78 is 32.5. The molecule has 0 radical (unpaired) electrons. The number of halogens is 2. The lowest BCUT2D eigenvalue weighted by molar-refractivity contribution is -0.0590. The number of allylic oxidation sites excluding steroid dienone is 2. The van der Waals surface area contributed by atoms with Crippen LogP contribution in [0.3, 0.4) is 0 Å². The fraction of sp³-hybridized carbons (Fsp3) is 0.276. The van der Waals surface area contributed by atoms with Gasteiger partial charge < -0.3 is 34.8 Å². The number of hydrogen-bond acceptors (Lipinski definition) is 8. The van der Waals surface area contributed by atoms with E-state index >= 15 is 0 Å². The summed E-state index contributed by atoms with van der Waals surface area (Å²) in [6.07, 6.45) is 9.52. The minimum atomic E-state index is -0.434. The van der Waals surface area contributed by atoms with Crippen LogP contribution in [0.4, 0.5) is 4.39 Å². The van der Waals surface area contributed by atoms with Crippen LogP contribution in [-0.4, -0.2) is 47.6 Å². The topological polar surface area (TPSA) is 110 Å². The van der Waals surface area contributed by atoms with E-state index in [1.807, 2.05) is 18.2 Å². The smallest absolute Gasteiger partial charge is 0.337 e. The zero-order valence-corrected chi connectivity index (χ0v) is 22.6. The van der Waals surface area contributed by atoms with Gasteiger partial charge >= 0.3 is 5.97 Å². The first-order valence-electron chi connectivity index (χ1n) is 12.8. The van der Waals surface area contributed by atoms with Gasteiger partial charge in [-0.2, -0.15) is 0 Å². The number of methoxy groups -OCH3 is 1. The maximum absolute atomic E-state index is 14.1. The molecule has 2 aliphatic rings. The van der Waals surface area contributed by atoms with E-state index in [4.69, 9.17) is 36.2 Å². The van der Waals surface area contributed by atoms with Gasteiger partial charge in [0.05, 0.1) is 48.9 Å². The van der Waals surface area contributed by atoms with Crippen LogP contribution in [0, 0.1) is 11.2 Å². The van der Waals surface area contributed by atoms with E-state index in [0.29, 0.717) is 40.7 Å². The van der Waals surface area contributed by atoms with Crippen molar-refractivity contribution in [1.82, 2.24) is 20.2 Å². The lowest BCUT2D eigenvalue weighted by atomic mass is 10.1. The Morgan fingerprint density at radius 1 is 1.35 bits per heavy atom. The Bertz CT molecular complexity index is 1510. The molecule has 11 heteroatoms. The van der Waals surface area contributed by atoms with Crippen molar-refractivity contribution < 1.29 is 23.4 Å². The number of carbonyl (C=O) groups excluding carboxylic acids is 1. The molecule has 2 aromatic carbocycles. The highest BCUT2D eigenvalue weighted by atomic mass is 35.5. The molecule has 0 aliphatic carbocycles. The number of rotatable bonds is 11. The molecule has 208 valence electrons. The van der Waals surface area contributed by atoms with Crippen LogP contribution >= 0.6 is 11.6 Å². The molecule has 2 aliphatic heterocycles. The molecule has 0 spiro atoms. The molecule has 1 fully saturated rings. The van der Waals surface area contributed by atoms with Gasteiger partial charge in [0.2, 0.25) is 0 Å². The van der Waals surface area contributed by atoms with Crippen molar-refractivity contribution in [3.8, 4) is 0 Å². The lowest BCUT2D eigenvalue weighted by Gasteiger charge is -2.27. The average molecular weight is 566 g/mol. The van der Waals surface area contributed by atoms with Crippen LogP contribution in [0.15, 0.2) is 72.3 Å². The molecule has 9 nitrogen and oxygen atoms in total. The maximum atomic E-state index is 14.1. The number of nitrogens with zero attached hydrogens (tertiary/aromatic N) is 2. The van der Waals surface area contributed by atoms with Crippen LogP contribution in [-0.2, 0) is 33.9 Å². The predicted molar refractivity (Wildman–Crippen MR) is 149 cm³/mol. The van der Waals surface area contributed by atoms with Crippen LogP contribution in [0.1, 0.15) is 28.2 Å². The number of ether oxygens (including phenoxy) is 3. The Labute approximate surface area is 235 Å². The average Bonchev–Trinajstić information content (AvgIpc) is 3.28. The molecule has 3 N–H and O–H groups in total. The van der Waals surface area contributed by atoms with Crippen LogP contribution in [0.2, 0.25) is 5.02 Å². The minimum Gasteiger partial charge on any atom is -0.474 e. The second-order valence-corrected chi connectivity index (χ2v) is 9.78. The molecule has 1 saturated heterocycles. The summed E-state index contributed by atoms with van der Waals surface area (Å²) in [4.78, 5) is 16.9. The van der Waals surface area contributed by atoms with Crippen molar-refractivity contribution in [3.63, 3.8) is 0 Å². The molecule has 0 saturated carbocycles. The number of imidazole rings is 1. The SMILES string of the molecule is COC(=O)c1ccc2nc(CN/C=C(\C=N)C3C=CC=C(OCc4ccc(Cl)cc4F)N3)n(CC3CCO3)c2c1. The number of nitrogens with one attached hydrogen (secondary N) is 3. The molecule has 0 bridgehead atoms. The van der Waals surface area contributed by atoms with Crippen molar-refractivity contribution in [2.24, 2.45) is 0 Å². The molecule has 3 heterocycles. The summed E-state index contributed by atoms with van der Waals surface area (Å²) in [7, 11) is 1.36. The third-order valence-corrected chi connectivity index (χ3v) is 6.96. The van der Waals surface area contributed by atoms with Gasteiger partial charge in [-0.15, -0.1) is 0 Å². The maximum Gasteiger partial charge on any atom is 0.337 e. The highest BCUT2D eigenvalue weighted by molar-refractivity contribution is 6.30. The molecule has 2 atom stereocenters. The summed E-state index contributed by atoms with van der Waals surface area (Å²) in [5, 5.41) is 14.8. The minimum absolute atomic E-state index is 0.0307. The molecule has 0 amide bonds. The summed E-state index contributed by atoms with van der Waals surface area (Å²) in [6.45, 7) is 1.77. The quantitative estimate of drug-likeness (QED) is 0.230. The van der Waals surface area contributed by atoms with Crippen molar-refractivity contribution in [2.45, 2.75) is 38.3 Å². The fourth-order valence-corrected chi connectivity index (χ4v) is 4.61. The first-order valence-corrected chi connectivity index (χ1v) is 13.2. The largest absolute Gasteiger partial charge is 0.474 e. The Balaban J connectivity index is 1.26. The van der Waals surface area contributed by atoms with Crippen LogP contribution in [0.25, 0.3) is 11.0 Å². The number of aromatic nitrogens is 2. The Morgan fingerprint density at radius 3 is 2.92 bits per heavy atom. The van der Waals surface area contributed by atoms with Crippen LogP contribution < -0.4 is 10.6 Å². The van der Waals surface area contributed by atoms with Gasteiger partial charge in [0.1, 0.15) is 18.2 Å².